The normalized spacial score (nSPS) is 13.2. The molecule has 0 bridgehead atoms. The minimum atomic E-state index is -4.53. The van der Waals surface area contributed by atoms with Crippen LogP contribution in [0, 0.1) is 5.82 Å². The van der Waals surface area contributed by atoms with E-state index in [4.69, 9.17) is 9.47 Å². The molecule has 138 valence electrons. The molecule has 8 heteroatoms. The number of halogens is 4. The average molecular weight is 376 g/mol. The standard InChI is InChI=1S/C19H12F4N2O2/c20-12-8-11-5-7-26-17(11)15(9-12)14-2-1-6-24-18(14)27-13-3-4-16(25-10-13)19(21,22)23/h1-4,6,8-10H,5,7H2. The molecule has 1 aliphatic heterocycles. The molecular formula is C19H12F4N2O2. The summed E-state index contributed by atoms with van der Waals surface area (Å²) in [6.45, 7) is 0.449. The van der Waals surface area contributed by atoms with E-state index in [1.807, 2.05) is 0 Å². The van der Waals surface area contributed by atoms with Gasteiger partial charge in [-0.1, -0.05) is 0 Å². The van der Waals surface area contributed by atoms with Gasteiger partial charge in [-0.25, -0.2) is 14.4 Å². The summed E-state index contributed by atoms with van der Waals surface area (Å²) in [5, 5.41) is 0. The number of fused-ring (bicyclic) bond motifs is 1. The van der Waals surface area contributed by atoms with Gasteiger partial charge in [-0.15, -0.1) is 0 Å². The maximum Gasteiger partial charge on any atom is 0.433 e. The van der Waals surface area contributed by atoms with Crippen LogP contribution in [0.15, 0.2) is 48.8 Å². The van der Waals surface area contributed by atoms with E-state index < -0.39 is 17.7 Å². The summed E-state index contributed by atoms with van der Waals surface area (Å²) in [6.07, 6.45) is -1.50. The maximum atomic E-state index is 14.0. The van der Waals surface area contributed by atoms with Gasteiger partial charge in [0.15, 0.2) is 0 Å². The van der Waals surface area contributed by atoms with Gasteiger partial charge >= 0.3 is 6.18 Å². The van der Waals surface area contributed by atoms with E-state index in [9.17, 15) is 17.6 Å². The first-order valence-electron chi connectivity index (χ1n) is 8.03. The molecule has 0 atom stereocenters. The first kappa shape index (κ1) is 17.3. The summed E-state index contributed by atoms with van der Waals surface area (Å²) in [5.41, 5.74) is 0.670. The Morgan fingerprint density at radius 3 is 2.63 bits per heavy atom. The Kier molecular flexibility index (Phi) is 4.18. The number of ether oxygens (including phenoxy) is 2. The van der Waals surface area contributed by atoms with Crippen LogP contribution >= 0.6 is 0 Å². The molecule has 4 nitrogen and oxygen atoms in total. The summed E-state index contributed by atoms with van der Waals surface area (Å²) in [4.78, 5) is 7.48. The number of nitrogens with zero attached hydrogens (tertiary/aromatic N) is 2. The number of aromatic nitrogens is 2. The van der Waals surface area contributed by atoms with Crippen LogP contribution in [0.4, 0.5) is 17.6 Å². The molecule has 4 rings (SSSR count). The first-order chi connectivity index (χ1) is 12.9. The molecule has 0 aliphatic carbocycles. The van der Waals surface area contributed by atoms with Gasteiger partial charge in [0.1, 0.15) is 23.0 Å². The van der Waals surface area contributed by atoms with E-state index in [0.717, 1.165) is 23.9 Å². The van der Waals surface area contributed by atoms with Crippen LogP contribution in [0.1, 0.15) is 11.3 Å². The lowest BCUT2D eigenvalue weighted by molar-refractivity contribution is -0.141. The number of hydrogen-bond donors (Lipinski definition) is 0. The smallest absolute Gasteiger partial charge is 0.433 e. The van der Waals surface area contributed by atoms with Crippen molar-refractivity contribution < 1.29 is 27.0 Å². The number of pyridine rings is 2. The summed E-state index contributed by atoms with van der Waals surface area (Å²) in [6, 6.07) is 8.04. The Morgan fingerprint density at radius 1 is 1.04 bits per heavy atom. The van der Waals surface area contributed by atoms with Crippen LogP contribution < -0.4 is 9.47 Å². The zero-order valence-electron chi connectivity index (χ0n) is 13.8. The fourth-order valence-corrected chi connectivity index (χ4v) is 2.87. The van der Waals surface area contributed by atoms with E-state index in [-0.39, 0.29) is 11.6 Å². The molecule has 3 aromatic rings. The monoisotopic (exact) mass is 376 g/mol. The van der Waals surface area contributed by atoms with E-state index in [1.54, 1.807) is 12.1 Å². The molecule has 2 aromatic heterocycles. The Hall–Kier alpha value is -3.16. The number of benzene rings is 1. The van der Waals surface area contributed by atoms with Crippen molar-refractivity contribution in [2.45, 2.75) is 12.6 Å². The van der Waals surface area contributed by atoms with Gasteiger partial charge in [0.05, 0.1) is 12.8 Å². The zero-order valence-corrected chi connectivity index (χ0v) is 13.8. The summed E-state index contributed by atoms with van der Waals surface area (Å²) in [7, 11) is 0. The molecule has 3 heterocycles. The van der Waals surface area contributed by atoms with Crippen molar-refractivity contribution in [3.8, 4) is 28.5 Å². The van der Waals surface area contributed by atoms with Gasteiger partial charge in [0.25, 0.3) is 0 Å². The molecule has 27 heavy (non-hydrogen) atoms. The SMILES string of the molecule is Fc1cc2c(c(-c3cccnc3Oc3ccc(C(F)(F)F)nc3)c1)OCC2. The average Bonchev–Trinajstić information content (AvgIpc) is 3.09. The minimum Gasteiger partial charge on any atom is -0.492 e. The second-order valence-electron chi connectivity index (χ2n) is 5.88. The molecule has 0 saturated carbocycles. The molecule has 0 amide bonds. The largest absolute Gasteiger partial charge is 0.492 e. The van der Waals surface area contributed by atoms with Crippen molar-refractivity contribution in [3.05, 3.63) is 65.9 Å². The lowest BCUT2D eigenvalue weighted by atomic mass is 10.0. The Bertz CT molecular complexity index is 988. The highest BCUT2D eigenvalue weighted by molar-refractivity contribution is 5.76. The van der Waals surface area contributed by atoms with Crippen molar-refractivity contribution >= 4 is 0 Å². The second-order valence-corrected chi connectivity index (χ2v) is 5.88. The summed E-state index contributed by atoms with van der Waals surface area (Å²) >= 11 is 0. The van der Waals surface area contributed by atoms with E-state index in [0.29, 0.717) is 29.9 Å². The minimum absolute atomic E-state index is 0.0805. The van der Waals surface area contributed by atoms with Gasteiger partial charge in [0.2, 0.25) is 5.88 Å². The van der Waals surface area contributed by atoms with Gasteiger partial charge in [-0.3, -0.25) is 0 Å². The van der Waals surface area contributed by atoms with Crippen LogP contribution in [0.5, 0.6) is 17.4 Å². The first-order valence-corrected chi connectivity index (χ1v) is 8.03. The maximum absolute atomic E-state index is 14.0. The van der Waals surface area contributed by atoms with Crippen LogP contribution in [-0.2, 0) is 12.6 Å². The molecule has 0 spiro atoms. The summed E-state index contributed by atoms with van der Waals surface area (Å²) in [5.74, 6) is 0.333. The highest BCUT2D eigenvalue weighted by atomic mass is 19.4. The predicted octanol–water partition coefficient (Wildman–Crippen LogP) is 5.03. The summed E-state index contributed by atoms with van der Waals surface area (Å²) < 4.78 is 63.1. The highest BCUT2D eigenvalue weighted by Crippen LogP contribution is 2.41. The lowest BCUT2D eigenvalue weighted by Gasteiger charge is -2.13. The lowest BCUT2D eigenvalue weighted by Crippen LogP contribution is -2.07. The fraction of sp³-hybridized carbons (Fsp3) is 0.158. The van der Waals surface area contributed by atoms with Gasteiger partial charge in [-0.05, 0) is 36.4 Å². The quantitative estimate of drug-likeness (QED) is 0.602. The molecule has 1 aromatic carbocycles. The molecule has 0 N–H and O–H groups in total. The Labute approximate surface area is 151 Å². The van der Waals surface area contributed by atoms with E-state index in [1.165, 1.54) is 18.3 Å². The molecule has 0 unspecified atom stereocenters. The third-order valence-electron chi connectivity index (χ3n) is 4.05. The predicted molar refractivity (Wildman–Crippen MR) is 88.1 cm³/mol. The van der Waals surface area contributed by atoms with Gasteiger partial charge in [0, 0.05) is 29.3 Å². The molecule has 0 fully saturated rings. The third-order valence-corrected chi connectivity index (χ3v) is 4.05. The van der Waals surface area contributed by atoms with Crippen molar-refractivity contribution in [3.63, 3.8) is 0 Å². The fourth-order valence-electron chi connectivity index (χ4n) is 2.87. The third kappa shape index (κ3) is 3.42. The van der Waals surface area contributed by atoms with Crippen molar-refractivity contribution in [2.24, 2.45) is 0 Å². The van der Waals surface area contributed by atoms with Crippen LogP contribution in [0.2, 0.25) is 0 Å². The van der Waals surface area contributed by atoms with Crippen LogP contribution in [0.25, 0.3) is 11.1 Å². The van der Waals surface area contributed by atoms with Crippen LogP contribution in [-0.4, -0.2) is 16.6 Å². The van der Waals surface area contributed by atoms with E-state index in [2.05, 4.69) is 9.97 Å². The number of rotatable bonds is 3. The number of hydrogen-bond acceptors (Lipinski definition) is 4. The van der Waals surface area contributed by atoms with Crippen LogP contribution in [0.3, 0.4) is 0 Å². The zero-order chi connectivity index (χ0) is 19.0. The van der Waals surface area contributed by atoms with E-state index >= 15 is 0 Å². The second kappa shape index (κ2) is 6.53. The van der Waals surface area contributed by atoms with Crippen molar-refractivity contribution in [1.29, 1.82) is 0 Å². The number of alkyl halides is 3. The highest BCUT2D eigenvalue weighted by Gasteiger charge is 2.32. The van der Waals surface area contributed by atoms with Gasteiger partial charge < -0.3 is 9.47 Å². The Balaban J connectivity index is 1.71. The van der Waals surface area contributed by atoms with Gasteiger partial charge in [-0.2, -0.15) is 13.2 Å². The van der Waals surface area contributed by atoms with Crippen molar-refractivity contribution in [2.75, 3.05) is 6.61 Å². The topological polar surface area (TPSA) is 44.2 Å². The molecule has 0 radical (unpaired) electrons. The molecule has 1 aliphatic rings. The Morgan fingerprint density at radius 2 is 1.89 bits per heavy atom. The molecular weight excluding hydrogens is 364 g/mol. The van der Waals surface area contributed by atoms with Crippen molar-refractivity contribution in [1.82, 2.24) is 9.97 Å². The molecule has 0 saturated heterocycles.